The highest BCUT2D eigenvalue weighted by Gasteiger charge is 2.52. The Morgan fingerprint density at radius 2 is 0.646 bits per heavy atom. The predicted octanol–water partition coefficient (Wildman–Crippen LogP) is 9.06. The van der Waals surface area contributed by atoms with E-state index in [9.17, 15) is 52.7 Å². The number of para-hydroxylation sites is 1. The van der Waals surface area contributed by atoms with Crippen LogP contribution in [0.4, 0.5) is 87.8 Å². The minimum atomic E-state index is -7.22. The summed E-state index contributed by atoms with van der Waals surface area (Å²) in [6.45, 7) is 0.755. The standard InChI is InChI=1S/C24BF20.C17H15N2O/c26-5-1(6(27)14(35)21(42)13(5)34)25(2-7(28)15(36)22(43)16(37)8(2)29,3-9(30)17(38)23(44)18(39)10(3)31)4-11(32)19(40)24(45)20(41)12(4)33;1-3-7-15(8-4-1)14-19-12-11-18-13-17(19)20-16-9-5-2-6-10-16/h;1-13H,14H2/q-1;+1. The van der Waals surface area contributed by atoms with Gasteiger partial charge in [-0.1, -0.05) is 48.5 Å². The van der Waals surface area contributed by atoms with Crippen molar-refractivity contribution in [1.29, 1.82) is 0 Å². The fourth-order valence-corrected chi connectivity index (χ4v) is 6.85. The van der Waals surface area contributed by atoms with Crippen LogP contribution < -0.4 is 31.2 Å². The summed E-state index contributed by atoms with van der Waals surface area (Å²) in [6, 6.07) is 20.0. The number of halogens is 20. The Bertz CT molecular complexity index is 2550. The van der Waals surface area contributed by atoms with Gasteiger partial charge in [-0.3, -0.25) is 0 Å². The van der Waals surface area contributed by atoms with Gasteiger partial charge in [-0.15, -0.1) is 21.9 Å². The zero-order valence-electron chi connectivity index (χ0n) is 31.2. The highest BCUT2D eigenvalue weighted by Crippen LogP contribution is 2.31. The van der Waals surface area contributed by atoms with Crippen molar-refractivity contribution in [2.24, 2.45) is 0 Å². The van der Waals surface area contributed by atoms with Gasteiger partial charge in [-0.05, 0) is 12.1 Å². The maximum Gasteiger partial charge on any atom is 0.392 e. The topological polar surface area (TPSA) is 26.0 Å². The summed E-state index contributed by atoms with van der Waals surface area (Å²) in [5.74, 6) is -69.9. The van der Waals surface area contributed by atoms with Gasteiger partial charge in [-0.2, -0.15) is 4.57 Å². The molecule has 0 aliphatic carbocycles. The third kappa shape index (κ3) is 7.83. The summed E-state index contributed by atoms with van der Waals surface area (Å²) in [4.78, 5) is 4.14. The zero-order valence-corrected chi connectivity index (χ0v) is 31.2. The van der Waals surface area contributed by atoms with E-state index in [1.165, 1.54) is 5.56 Å². The Morgan fingerprint density at radius 3 is 0.954 bits per heavy atom. The molecule has 24 heteroatoms. The van der Waals surface area contributed by atoms with E-state index in [0.29, 0.717) is 0 Å². The van der Waals surface area contributed by atoms with Crippen LogP contribution in [0.1, 0.15) is 5.56 Å². The van der Waals surface area contributed by atoms with Crippen LogP contribution in [0.25, 0.3) is 0 Å². The lowest BCUT2D eigenvalue weighted by atomic mass is 9.12. The minimum Gasteiger partial charge on any atom is -0.404 e. The average Bonchev–Trinajstić information content (AvgIpc) is 3.30. The van der Waals surface area contributed by atoms with Gasteiger partial charge in [-0.25, -0.2) is 92.8 Å². The summed E-state index contributed by atoms with van der Waals surface area (Å²) in [7, 11) is 0. The van der Waals surface area contributed by atoms with Crippen LogP contribution in [0.15, 0.2) is 79.3 Å². The monoisotopic (exact) mass is 942 g/mol. The van der Waals surface area contributed by atoms with Gasteiger partial charge < -0.3 is 4.74 Å². The van der Waals surface area contributed by atoms with Gasteiger partial charge in [0.25, 0.3) is 0 Å². The smallest absolute Gasteiger partial charge is 0.392 e. The Morgan fingerprint density at radius 1 is 0.369 bits per heavy atom. The van der Waals surface area contributed by atoms with E-state index in [0.717, 1.165) is 18.2 Å². The molecule has 0 saturated carbocycles. The van der Waals surface area contributed by atoms with E-state index < -0.39 is 144 Å². The Kier molecular flexibility index (Phi) is 13.2. The lowest BCUT2D eigenvalue weighted by Gasteiger charge is -2.44. The van der Waals surface area contributed by atoms with Crippen molar-refractivity contribution in [3.05, 3.63) is 201 Å². The maximum atomic E-state index is 15.4. The number of rotatable bonds is 8. The second-order valence-corrected chi connectivity index (χ2v) is 13.2. The van der Waals surface area contributed by atoms with Crippen molar-refractivity contribution >= 4 is 28.0 Å². The normalized spacial score (nSPS) is 11.4. The molecule has 0 atom stereocenters. The van der Waals surface area contributed by atoms with Gasteiger partial charge >= 0.3 is 5.88 Å². The molecule has 7 aromatic rings. The third-order valence-corrected chi connectivity index (χ3v) is 9.67. The highest BCUT2D eigenvalue weighted by atomic mass is 19.2. The molecular formula is C41H15BF20N2O. The SMILES string of the molecule is Fc1c(F)c(F)c([B-](c2c(F)c(F)c(F)c(F)c2F)(c2c(F)c(F)c(F)c(F)c2F)c2c(F)c(F)c(F)c(F)c2F)c(F)c1F.c1ccc(C[n+]2ccncc2Oc2ccccc2)cc1. The average molecular weight is 942 g/mol. The van der Waals surface area contributed by atoms with Gasteiger partial charge in [0.15, 0.2) is 82.5 Å². The molecule has 3 nitrogen and oxygen atoms in total. The number of ether oxygens (including phenoxy) is 1. The number of hydrogen-bond acceptors (Lipinski definition) is 2. The first kappa shape index (κ1) is 47.3. The first-order chi connectivity index (χ1) is 30.6. The maximum absolute atomic E-state index is 15.4. The van der Waals surface area contributed by atoms with Crippen LogP contribution in [0, 0.1) is 116 Å². The summed E-state index contributed by atoms with van der Waals surface area (Å²) < 4.78 is 302. The largest absolute Gasteiger partial charge is 0.404 e. The van der Waals surface area contributed by atoms with Crippen LogP contribution in [-0.2, 0) is 6.54 Å². The fourth-order valence-electron chi connectivity index (χ4n) is 6.85. The molecule has 6 aromatic carbocycles. The molecule has 0 saturated heterocycles. The second-order valence-electron chi connectivity index (χ2n) is 13.2. The second kappa shape index (κ2) is 18.2. The Labute approximate surface area is 349 Å². The molecule has 338 valence electrons. The molecule has 0 bridgehead atoms. The minimum absolute atomic E-state index is 0.725. The van der Waals surface area contributed by atoms with Crippen molar-refractivity contribution in [3.8, 4) is 11.6 Å². The van der Waals surface area contributed by atoms with Crippen molar-refractivity contribution in [2.45, 2.75) is 6.54 Å². The van der Waals surface area contributed by atoms with Crippen molar-refractivity contribution in [3.63, 3.8) is 0 Å². The molecule has 0 spiro atoms. The summed E-state index contributed by atoms with van der Waals surface area (Å²) in [6.07, 6.45) is -1.80. The molecule has 0 aliphatic heterocycles. The Balaban J connectivity index is 0.000000289. The quantitative estimate of drug-likeness (QED) is 0.0500. The van der Waals surface area contributed by atoms with Gasteiger partial charge in [0, 0.05) is 5.56 Å². The molecule has 0 unspecified atom stereocenters. The van der Waals surface area contributed by atoms with Gasteiger partial charge in [0.2, 0.25) is 0 Å². The first-order valence-corrected chi connectivity index (χ1v) is 17.5. The number of nitrogens with zero attached hydrogens (tertiary/aromatic N) is 2. The van der Waals surface area contributed by atoms with Gasteiger partial charge in [0.1, 0.15) is 64.6 Å². The van der Waals surface area contributed by atoms with Crippen LogP contribution >= 0.6 is 0 Å². The van der Waals surface area contributed by atoms with E-state index in [1.54, 1.807) is 12.4 Å². The van der Waals surface area contributed by atoms with Crippen molar-refractivity contribution in [2.75, 3.05) is 0 Å². The number of benzene rings is 6. The number of hydrogen-bond donors (Lipinski definition) is 0. The van der Waals surface area contributed by atoms with E-state index in [1.807, 2.05) is 59.3 Å². The molecule has 1 heterocycles. The van der Waals surface area contributed by atoms with Crippen LogP contribution in [0.2, 0.25) is 0 Å². The molecule has 65 heavy (non-hydrogen) atoms. The lowest BCUT2D eigenvalue weighted by Crippen LogP contribution is -2.81. The number of aromatic nitrogens is 2. The van der Waals surface area contributed by atoms with Crippen LogP contribution in [-0.4, -0.2) is 11.1 Å². The summed E-state index contributed by atoms with van der Waals surface area (Å²) >= 11 is 0. The summed E-state index contributed by atoms with van der Waals surface area (Å²) in [5, 5.41) is 0. The molecular weight excluding hydrogens is 927 g/mol. The fraction of sp³-hybridized carbons (Fsp3) is 0.0244. The van der Waals surface area contributed by atoms with Crippen molar-refractivity contribution in [1.82, 2.24) is 4.98 Å². The molecule has 0 amide bonds. The Hall–Kier alpha value is -7.14. The molecule has 1 aromatic heterocycles. The molecule has 0 fully saturated rings. The highest BCUT2D eigenvalue weighted by molar-refractivity contribution is 7.20. The van der Waals surface area contributed by atoms with Crippen molar-refractivity contribution < 1.29 is 97.1 Å². The van der Waals surface area contributed by atoms with E-state index in [-0.39, 0.29) is 0 Å². The molecule has 0 radical (unpaired) electrons. The van der Waals surface area contributed by atoms with Crippen LogP contribution in [0.3, 0.4) is 0 Å². The van der Waals surface area contributed by atoms with E-state index in [4.69, 9.17) is 4.74 Å². The molecule has 7 rings (SSSR count). The summed E-state index contributed by atoms with van der Waals surface area (Å²) in [5.41, 5.74) is -13.1. The lowest BCUT2D eigenvalue weighted by molar-refractivity contribution is -0.692. The third-order valence-electron chi connectivity index (χ3n) is 9.67. The van der Waals surface area contributed by atoms with Gasteiger partial charge in [0.05, 0.1) is 6.20 Å². The molecule has 0 N–H and O–H groups in total. The zero-order chi connectivity index (χ0) is 48.0. The van der Waals surface area contributed by atoms with E-state index in [2.05, 4.69) is 17.1 Å². The predicted molar refractivity (Wildman–Crippen MR) is 186 cm³/mol. The van der Waals surface area contributed by atoms with Crippen LogP contribution in [0.5, 0.6) is 11.6 Å². The van der Waals surface area contributed by atoms with E-state index >= 15 is 35.1 Å². The first-order valence-electron chi connectivity index (χ1n) is 17.5. The molecule has 0 aliphatic rings.